The van der Waals surface area contributed by atoms with Crippen LogP contribution in [0.25, 0.3) is 0 Å². The van der Waals surface area contributed by atoms with E-state index < -0.39 is 5.97 Å². The van der Waals surface area contributed by atoms with Crippen LogP contribution in [0.1, 0.15) is 23.1 Å². The molecular weight excluding hydrogens is 238 g/mol. The van der Waals surface area contributed by atoms with E-state index in [0.717, 1.165) is 24.4 Å². The molecule has 1 aromatic rings. The molecule has 0 aromatic carbocycles. The molecule has 1 aliphatic rings. The smallest absolute Gasteiger partial charge is 0.308 e. The fourth-order valence-corrected chi connectivity index (χ4v) is 2.95. The first-order valence-electron chi connectivity index (χ1n) is 5.79. The Bertz CT molecular complexity index is 391. The Morgan fingerprint density at radius 2 is 2.35 bits per heavy atom. The molecule has 4 nitrogen and oxygen atoms in total. The minimum atomic E-state index is -0.774. The van der Waals surface area contributed by atoms with Crippen molar-refractivity contribution >= 4 is 17.3 Å². The number of carbonyl (C=O) groups is 1. The quantitative estimate of drug-likeness (QED) is 0.840. The molecule has 2 heterocycles. The van der Waals surface area contributed by atoms with Gasteiger partial charge < -0.3 is 15.2 Å². The summed E-state index contributed by atoms with van der Waals surface area (Å²) in [5.74, 6) is -0.774. The summed E-state index contributed by atoms with van der Waals surface area (Å²) in [5, 5.41) is 12.1. The van der Waals surface area contributed by atoms with E-state index in [1.54, 1.807) is 11.3 Å². The molecule has 0 saturated carbocycles. The van der Waals surface area contributed by atoms with Gasteiger partial charge in [-0.2, -0.15) is 0 Å². The van der Waals surface area contributed by atoms with Crippen LogP contribution in [-0.4, -0.2) is 29.8 Å². The van der Waals surface area contributed by atoms with Crippen LogP contribution < -0.4 is 5.32 Å². The highest BCUT2D eigenvalue weighted by molar-refractivity contribution is 7.12. The van der Waals surface area contributed by atoms with Crippen molar-refractivity contribution in [1.82, 2.24) is 5.32 Å². The van der Waals surface area contributed by atoms with Crippen molar-refractivity contribution < 1.29 is 14.6 Å². The van der Waals surface area contributed by atoms with Gasteiger partial charge in [-0.15, -0.1) is 11.3 Å². The van der Waals surface area contributed by atoms with Crippen molar-refractivity contribution in [1.29, 1.82) is 0 Å². The number of hydrogen-bond acceptors (Lipinski definition) is 4. The highest BCUT2D eigenvalue weighted by Gasteiger charge is 2.23. The molecular formula is C12H17NO3S. The monoisotopic (exact) mass is 255 g/mol. The second kappa shape index (κ2) is 5.62. The molecule has 94 valence electrons. The molecule has 0 bridgehead atoms. The summed E-state index contributed by atoms with van der Waals surface area (Å²) in [4.78, 5) is 12.7. The summed E-state index contributed by atoms with van der Waals surface area (Å²) in [6, 6.07) is 4.31. The SMILES string of the molecule is CC1OCCC1NCc1ccc(CC(=O)O)s1. The van der Waals surface area contributed by atoms with Crippen LogP contribution in [0.2, 0.25) is 0 Å². The van der Waals surface area contributed by atoms with Gasteiger partial charge in [0.15, 0.2) is 0 Å². The zero-order valence-electron chi connectivity index (χ0n) is 9.81. The molecule has 0 aliphatic carbocycles. The molecule has 0 radical (unpaired) electrons. The maximum atomic E-state index is 10.6. The molecule has 0 amide bonds. The third-order valence-electron chi connectivity index (χ3n) is 2.96. The lowest BCUT2D eigenvalue weighted by molar-refractivity contribution is -0.136. The van der Waals surface area contributed by atoms with Crippen molar-refractivity contribution in [3.63, 3.8) is 0 Å². The Hall–Kier alpha value is -0.910. The number of ether oxygens (including phenoxy) is 1. The van der Waals surface area contributed by atoms with E-state index >= 15 is 0 Å². The van der Waals surface area contributed by atoms with E-state index in [9.17, 15) is 4.79 Å². The molecule has 17 heavy (non-hydrogen) atoms. The Morgan fingerprint density at radius 3 is 3.00 bits per heavy atom. The second-order valence-electron chi connectivity index (χ2n) is 4.29. The van der Waals surface area contributed by atoms with Gasteiger partial charge in [0.25, 0.3) is 0 Å². The van der Waals surface area contributed by atoms with Gasteiger partial charge >= 0.3 is 5.97 Å². The first-order valence-corrected chi connectivity index (χ1v) is 6.61. The van der Waals surface area contributed by atoms with Crippen LogP contribution in [0.4, 0.5) is 0 Å². The molecule has 5 heteroatoms. The number of hydrogen-bond donors (Lipinski definition) is 2. The van der Waals surface area contributed by atoms with Gasteiger partial charge in [0.1, 0.15) is 0 Å². The highest BCUT2D eigenvalue weighted by atomic mass is 32.1. The van der Waals surface area contributed by atoms with Crippen molar-refractivity contribution in [3.05, 3.63) is 21.9 Å². The number of carboxylic acids is 1. The van der Waals surface area contributed by atoms with Gasteiger partial charge in [0.05, 0.1) is 12.5 Å². The second-order valence-corrected chi connectivity index (χ2v) is 5.54. The van der Waals surface area contributed by atoms with Gasteiger partial charge in [0, 0.05) is 28.9 Å². The van der Waals surface area contributed by atoms with E-state index in [1.165, 1.54) is 4.88 Å². The van der Waals surface area contributed by atoms with Crippen LogP contribution >= 0.6 is 11.3 Å². The maximum Gasteiger partial charge on any atom is 0.308 e. The molecule has 2 N–H and O–H groups in total. The highest BCUT2D eigenvalue weighted by Crippen LogP contribution is 2.19. The molecule has 1 fully saturated rings. The maximum absolute atomic E-state index is 10.6. The fourth-order valence-electron chi connectivity index (χ4n) is 1.99. The largest absolute Gasteiger partial charge is 0.481 e. The van der Waals surface area contributed by atoms with Crippen molar-refractivity contribution in [2.75, 3.05) is 6.61 Å². The van der Waals surface area contributed by atoms with Crippen molar-refractivity contribution in [3.8, 4) is 0 Å². The van der Waals surface area contributed by atoms with Crippen molar-refractivity contribution in [2.24, 2.45) is 0 Å². The first-order chi connectivity index (χ1) is 8.15. The summed E-state index contributed by atoms with van der Waals surface area (Å²) in [6.07, 6.45) is 1.44. The van der Waals surface area contributed by atoms with E-state index in [2.05, 4.69) is 12.2 Å². The van der Waals surface area contributed by atoms with E-state index in [0.29, 0.717) is 6.04 Å². The molecule has 1 aromatic heterocycles. The third kappa shape index (κ3) is 3.52. The predicted molar refractivity (Wildman–Crippen MR) is 66.3 cm³/mol. The minimum Gasteiger partial charge on any atom is -0.481 e. The zero-order chi connectivity index (χ0) is 12.3. The summed E-state index contributed by atoms with van der Waals surface area (Å²) in [6.45, 7) is 3.70. The van der Waals surface area contributed by atoms with Crippen LogP contribution in [0.5, 0.6) is 0 Å². The van der Waals surface area contributed by atoms with Crippen LogP contribution in [0.3, 0.4) is 0 Å². The number of aliphatic carboxylic acids is 1. The summed E-state index contributed by atoms with van der Waals surface area (Å²) in [7, 11) is 0. The molecule has 1 aliphatic heterocycles. The van der Waals surface area contributed by atoms with Crippen LogP contribution in [-0.2, 0) is 22.5 Å². The number of thiophene rings is 1. The Balaban J connectivity index is 1.82. The molecule has 0 spiro atoms. The van der Waals surface area contributed by atoms with Gasteiger partial charge in [-0.05, 0) is 25.5 Å². The Morgan fingerprint density at radius 1 is 1.59 bits per heavy atom. The minimum absolute atomic E-state index is 0.119. The fraction of sp³-hybridized carbons (Fsp3) is 0.583. The van der Waals surface area contributed by atoms with E-state index in [1.807, 2.05) is 12.1 Å². The summed E-state index contributed by atoms with van der Waals surface area (Å²) in [5.41, 5.74) is 0. The normalized spacial score (nSPS) is 24.1. The van der Waals surface area contributed by atoms with Gasteiger partial charge in [0.2, 0.25) is 0 Å². The summed E-state index contributed by atoms with van der Waals surface area (Å²) >= 11 is 1.56. The van der Waals surface area contributed by atoms with Gasteiger partial charge in [-0.3, -0.25) is 4.79 Å². The lowest BCUT2D eigenvalue weighted by atomic mass is 10.1. The van der Waals surface area contributed by atoms with Crippen molar-refractivity contribution in [2.45, 2.75) is 38.5 Å². The number of nitrogens with one attached hydrogen (secondary N) is 1. The van der Waals surface area contributed by atoms with Crippen LogP contribution in [0.15, 0.2) is 12.1 Å². The standard InChI is InChI=1S/C12H17NO3S/c1-8-11(4-5-16-8)13-7-10-3-2-9(17-10)6-12(14)15/h2-3,8,11,13H,4-7H2,1H3,(H,14,15). The predicted octanol–water partition coefficient (Wildman–Crippen LogP) is 1.64. The summed E-state index contributed by atoms with van der Waals surface area (Å²) < 4.78 is 5.47. The zero-order valence-corrected chi connectivity index (χ0v) is 10.6. The van der Waals surface area contributed by atoms with Gasteiger partial charge in [-0.1, -0.05) is 0 Å². The molecule has 2 unspecified atom stereocenters. The lowest BCUT2D eigenvalue weighted by Gasteiger charge is -2.14. The van der Waals surface area contributed by atoms with Crippen LogP contribution in [0, 0.1) is 0 Å². The Kier molecular flexibility index (Phi) is 4.15. The molecule has 1 saturated heterocycles. The van der Waals surface area contributed by atoms with E-state index in [4.69, 9.17) is 9.84 Å². The average Bonchev–Trinajstić information content (AvgIpc) is 2.84. The average molecular weight is 255 g/mol. The number of rotatable bonds is 5. The third-order valence-corrected chi connectivity index (χ3v) is 4.04. The lowest BCUT2D eigenvalue weighted by Crippen LogP contribution is -2.33. The van der Waals surface area contributed by atoms with E-state index in [-0.39, 0.29) is 12.5 Å². The first kappa shape index (κ1) is 12.5. The number of carboxylic acid groups (broad SMARTS) is 1. The molecule has 2 rings (SSSR count). The van der Waals surface area contributed by atoms with Gasteiger partial charge in [-0.25, -0.2) is 0 Å². The Labute approximate surface area is 105 Å². The molecule has 2 atom stereocenters. The topological polar surface area (TPSA) is 58.6 Å².